The maximum absolute atomic E-state index is 11.1. The zero-order valence-corrected chi connectivity index (χ0v) is 8.16. The summed E-state index contributed by atoms with van der Waals surface area (Å²) in [6.45, 7) is 2.30. The first-order valence-corrected chi connectivity index (χ1v) is 3.95. The summed E-state index contributed by atoms with van der Waals surface area (Å²) in [6.07, 6.45) is 0.182. The van der Waals surface area contributed by atoms with Gasteiger partial charge in [0.05, 0.1) is 6.54 Å². The molecule has 0 aromatic rings. The highest BCUT2D eigenvalue weighted by molar-refractivity contribution is 5.75. The fraction of sp³-hybridized carbons (Fsp3) is 0.875. The molecule has 12 heavy (non-hydrogen) atoms. The van der Waals surface area contributed by atoms with Gasteiger partial charge in [0.15, 0.2) is 6.29 Å². The molecule has 0 aromatic carbocycles. The van der Waals surface area contributed by atoms with Gasteiger partial charge in [-0.15, -0.1) is 0 Å². The lowest BCUT2D eigenvalue weighted by Gasteiger charge is -2.21. The van der Waals surface area contributed by atoms with Crippen molar-refractivity contribution in [3.05, 3.63) is 0 Å². The molecule has 0 bridgehead atoms. The fourth-order valence-electron chi connectivity index (χ4n) is 0.841. The molecule has 0 atom stereocenters. The molecule has 0 heterocycles. The summed E-state index contributed by atoms with van der Waals surface area (Å²) < 4.78 is 9.90. The molecule has 0 aliphatic rings. The van der Waals surface area contributed by atoms with Crippen molar-refractivity contribution in [3.63, 3.8) is 0 Å². The second-order valence-electron chi connectivity index (χ2n) is 2.53. The summed E-state index contributed by atoms with van der Waals surface area (Å²) in [5.41, 5.74) is 0. The molecule has 0 saturated heterocycles. The number of carbonyl (C=O) groups is 1. The highest BCUT2D eigenvalue weighted by Crippen LogP contribution is 1.96. The number of nitrogens with zero attached hydrogens (tertiary/aromatic N) is 1. The minimum atomic E-state index is -0.328. The molecule has 4 heteroatoms. The van der Waals surface area contributed by atoms with Crippen molar-refractivity contribution >= 4 is 5.91 Å². The Morgan fingerprint density at radius 2 is 1.92 bits per heavy atom. The van der Waals surface area contributed by atoms with Crippen LogP contribution in [0.1, 0.15) is 13.3 Å². The number of methoxy groups -OCH3 is 2. The third kappa shape index (κ3) is 3.69. The Labute approximate surface area is 73.4 Å². The van der Waals surface area contributed by atoms with Crippen LogP contribution in [0.5, 0.6) is 0 Å². The predicted octanol–water partition coefficient (Wildman–Crippen LogP) is 0.474. The molecule has 0 saturated carbocycles. The number of hydrogen-bond acceptors (Lipinski definition) is 3. The Kier molecular flexibility index (Phi) is 5.66. The number of carbonyl (C=O) groups excluding carboxylic acids is 1. The van der Waals surface area contributed by atoms with Gasteiger partial charge in [-0.05, 0) is 0 Å². The predicted molar refractivity (Wildman–Crippen MR) is 45.7 cm³/mol. The van der Waals surface area contributed by atoms with Crippen LogP contribution in [0, 0.1) is 0 Å². The molecule has 0 spiro atoms. The smallest absolute Gasteiger partial charge is 0.222 e. The largest absolute Gasteiger partial charge is 0.354 e. The molecule has 0 aliphatic heterocycles. The maximum Gasteiger partial charge on any atom is 0.222 e. The van der Waals surface area contributed by atoms with Crippen LogP contribution in [0.2, 0.25) is 0 Å². The van der Waals surface area contributed by atoms with E-state index in [1.165, 1.54) is 0 Å². The summed E-state index contributed by atoms with van der Waals surface area (Å²) in [5.74, 6) is 0.0918. The van der Waals surface area contributed by atoms with Gasteiger partial charge < -0.3 is 14.4 Å². The summed E-state index contributed by atoms with van der Waals surface area (Å²) >= 11 is 0. The molecule has 4 nitrogen and oxygen atoms in total. The molecule has 0 rings (SSSR count). The highest BCUT2D eigenvalue weighted by Gasteiger charge is 2.12. The van der Waals surface area contributed by atoms with Crippen molar-refractivity contribution in [2.24, 2.45) is 0 Å². The lowest BCUT2D eigenvalue weighted by molar-refractivity contribution is -0.142. The van der Waals surface area contributed by atoms with Crippen LogP contribution < -0.4 is 0 Å². The monoisotopic (exact) mass is 175 g/mol. The van der Waals surface area contributed by atoms with Crippen molar-refractivity contribution < 1.29 is 14.3 Å². The number of likely N-dealkylation sites (N-methyl/N-ethyl adjacent to an activating group) is 1. The Bertz CT molecular complexity index is 134. The van der Waals surface area contributed by atoms with E-state index in [-0.39, 0.29) is 12.2 Å². The van der Waals surface area contributed by atoms with Gasteiger partial charge in [0.25, 0.3) is 0 Å². The van der Waals surface area contributed by atoms with E-state index < -0.39 is 0 Å². The average Bonchev–Trinajstić information content (AvgIpc) is 2.12. The quantitative estimate of drug-likeness (QED) is 0.570. The minimum absolute atomic E-state index is 0.0918. The second-order valence-corrected chi connectivity index (χ2v) is 2.53. The third-order valence-corrected chi connectivity index (χ3v) is 1.68. The maximum atomic E-state index is 11.1. The molecule has 0 aliphatic carbocycles. The van der Waals surface area contributed by atoms with Gasteiger partial charge in [0.1, 0.15) is 0 Å². The molecule has 0 aromatic heterocycles. The van der Waals surface area contributed by atoms with Crippen molar-refractivity contribution in [2.75, 3.05) is 27.8 Å². The third-order valence-electron chi connectivity index (χ3n) is 1.68. The van der Waals surface area contributed by atoms with Gasteiger partial charge in [-0.25, -0.2) is 0 Å². The van der Waals surface area contributed by atoms with Crippen LogP contribution in [0.3, 0.4) is 0 Å². The van der Waals surface area contributed by atoms with Gasteiger partial charge in [-0.1, -0.05) is 6.92 Å². The number of rotatable bonds is 5. The average molecular weight is 175 g/mol. The van der Waals surface area contributed by atoms with Crippen LogP contribution >= 0.6 is 0 Å². The van der Waals surface area contributed by atoms with E-state index in [1.54, 1.807) is 26.2 Å². The van der Waals surface area contributed by atoms with Crippen LogP contribution in [-0.2, 0) is 14.3 Å². The van der Waals surface area contributed by atoms with E-state index in [9.17, 15) is 4.79 Å². The topological polar surface area (TPSA) is 38.8 Å². The first-order chi connectivity index (χ1) is 5.65. The Morgan fingerprint density at radius 3 is 2.25 bits per heavy atom. The van der Waals surface area contributed by atoms with Crippen molar-refractivity contribution in [3.8, 4) is 0 Å². The number of amides is 1. The van der Waals surface area contributed by atoms with E-state index in [2.05, 4.69) is 0 Å². The van der Waals surface area contributed by atoms with Crippen LogP contribution in [0.4, 0.5) is 0 Å². The molecule has 0 fully saturated rings. The van der Waals surface area contributed by atoms with Gasteiger partial charge in [-0.3, -0.25) is 4.79 Å². The normalized spacial score (nSPS) is 10.4. The van der Waals surface area contributed by atoms with E-state index in [0.29, 0.717) is 13.0 Å². The Morgan fingerprint density at radius 1 is 1.42 bits per heavy atom. The minimum Gasteiger partial charge on any atom is -0.354 e. The van der Waals surface area contributed by atoms with Crippen molar-refractivity contribution in [1.82, 2.24) is 4.90 Å². The first-order valence-electron chi connectivity index (χ1n) is 3.95. The van der Waals surface area contributed by atoms with Crippen molar-refractivity contribution in [2.45, 2.75) is 19.6 Å². The van der Waals surface area contributed by atoms with Crippen molar-refractivity contribution in [1.29, 1.82) is 0 Å². The summed E-state index contributed by atoms with van der Waals surface area (Å²) in [4.78, 5) is 12.7. The van der Waals surface area contributed by atoms with Crippen LogP contribution in [0.15, 0.2) is 0 Å². The summed E-state index contributed by atoms with van der Waals surface area (Å²) in [7, 11) is 4.84. The van der Waals surface area contributed by atoms with Gasteiger partial charge in [0, 0.05) is 27.7 Å². The van der Waals surface area contributed by atoms with Gasteiger partial charge in [0.2, 0.25) is 5.91 Å². The standard InChI is InChI=1S/C8H17NO3/c1-5-7(10)9(2)6-8(11-3)12-4/h8H,5-6H2,1-4H3. The van der Waals surface area contributed by atoms with E-state index in [1.807, 2.05) is 6.92 Å². The Balaban J connectivity index is 3.80. The summed E-state index contributed by atoms with van der Waals surface area (Å²) in [5, 5.41) is 0. The molecule has 0 unspecified atom stereocenters. The van der Waals surface area contributed by atoms with Crippen LogP contribution in [0.25, 0.3) is 0 Å². The Hall–Kier alpha value is -0.610. The van der Waals surface area contributed by atoms with E-state index in [0.717, 1.165) is 0 Å². The fourth-order valence-corrected chi connectivity index (χ4v) is 0.841. The molecule has 72 valence electrons. The van der Waals surface area contributed by atoms with Crippen LogP contribution in [-0.4, -0.2) is 44.9 Å². The highest BCUT2D eigenvalue weighted by atomic mass is 16.7. The number of hydrogen-bond donors (Lipinski definition) is 0. The zero-order valence-electron chi connectivity index (χ0n) is 8.16. The zero-order chi connectivity index (χ0) is 9.56. The second kappa shape index (κ2) is 5.97. The molecular formula is C8H17NO3. The summed E-state index contributed by atoms with van der Waals surface area (Å²) in [6, 6.07) is 0. The lowest BCUT2D eigenvalue weighted by atomic mass is 10.4. The van der Waals surface area contributed by atoms with E-state index in [4.69, 9.17) is 9.47 Å². The van der Waals surface area contributed by atoms with Gasteiger partial charge in [-0.2, -0.15) is 0 Å². The molecule has 1 amide bonds. The molecule has 0 N–H and O–H groups in total. The number of ether oxygens (including phenoxy) is 2. The lowest BCUT2D eigenvalue weighted by Crippen LogP contribution is -2.35. The van der Waals surface area contributed by atoms with Gasteiger partial charge >= 0.3 is 0 Å². The molecule has 0 radical (unpaired) electrons. The van der Waals surface area contributed by atoms with E-state index >= 15 is 0 Å². The SMILES string of the molecule is CCC(=O)N(C)CC(OC)OC. The molecular weight excluding hydrogens is 158 g/mol. The first kappa shape index (κ1) is 11.4.